The van der Waals surface area contributed by atoms with Gasteiger partial charge in [0.15, 0.2) is 17.6 Å². The van der Waals surface area contributed by atoms with Gasteiger partial charge in [-0.15, -0.1) is 11.8 Å². The Balaban J connectivity index is 1.42. The first-order valence-electron chi connectivity index (χ1n) is 8.29. The van der Waals surface area contributed by atoms with E-state index in [4.69, 9.17) is 25.8 Å². The Morgan fingerprint density at radius 3 is 2.70 bits per heavy atom. The summed E-state index contributed by atoms with van der Waals surface area (Å²) in [6.45, 7) is 1.70. The molecule has 1 atom stereocenters. The molecule has 1 unspecified atom stereocenters. The molecule has 0 saturated carbocycles. The van der Waals surface area contributed by atoms with Gasteiger partial charge >= 0.3 is 5.97 Å². The maximum Gasteiger partial charge on any atom is 0.307 e. The van der Waals surface area contributed by atoms with E-state index in [0.717, 1.165) is 4.90 Å². The van der Waals surface area contributed by atoms with E-state index >= 15 is 0 Å². The maximum absolute atomic E-state index is 12.2. The molecule has 1 aliphatic heterocycles. The standard InChI is InChI=1S/C19H18ClNO5S/c1-12(19(23)21-14-4-7-16-17(10-14)25-11-24-16)26-18(22)8-9-27-15-5-2-13(20)3-6-15/h2-7,10,12H,8-9,11H2,1H3,(H,21,23). The van der Waals surface area contributed by atoms with Crippen molar-refractivity contribution in [1.29, 1.82) is 0 Å². The summed E-state index contributed by atoms with van der Waals surface area (Å²) >= 11 is 7.36. The van der Waals surface area contributed by atoms with Gasteiger partial charge in [0, 0.05) is 27.4 Å². The topological polar surface area (TPSA) is 73.9 Å². The Morgan fingerprint density at radius 1 is 1.19 bits per heavy atom. The van der Waals surface area contributed by atoms with Crippen molar-refractivity contribution in [2.24, 2.45) is 0 Å². The van der Waals surface area contributed by atoms with Crippen LogP contribution in [-0.4, -0.2) is 30.5 Å². The van der Waals surface area contributed by atoms with Crippen molar-refractivity contribution in [2.75, 3.05) is 17.9 Å². The third kappa shape index (κ3) is 5.55. The van der Waals surface area contributed by atoms with Crippen LogP contribution in [0.1, 0.15) is 13.3 Å². The van der Waals surface area contributed by atoms with Gasteiger partial charge in [0.2, 0.25) is 6.79 Å². The van der Waals surface area contributed by atoms with Crippen LogP contribution in [0.15, 0.2) is 47.4 Å². The molecule has 8 heteroatoms. The lowest BCUT2D eigenvalue weighted by molar-refractivity contribution is -0.152. The molecular formula is C19H18ClNO5S. The first-order chi connectivity index (χ1) is 13.0. The lowest BCUT2D eigenvalue weighted by Gasteiger charge is -2.13. The number of benzene rings is 2. The number of fused-ring (bicyclic) bond motifs is 1. The number of hydrogen-bond donors (Lipinski definition) is 1. The minimum atomic E-state index is -0.900. The lowest BCUT2D eigenvalue weighted by Crippen LogP contribution is -2.30. The summed E-state index contributed by atoms with van der Waals surface area (Å²) in [5, 5.41) is 3.36. The van der Waals surface area contributed by atoms with Gasteiger partial charge in [-0.3, -0.25) is 9.59 Å². The van der Waals surface area contributed by atoms with Crippen LogP contribution < -0.4 is 14.8 Å². The number of halogens is 1. The molecule has 2 aromatic carbocycles. The van der Waals surface area contributed by atoms with Gasteiger partial charge in [0.05, 0.1) is 6.42 Å². The second kappa shape index (κ2) is 9.01. The largest absolute Gasteiger partial charge is 0.454 e. The molecule has 0 saturated heterocycles. The number of esters is 1. The molecule has 3 rings (SSSR count). The molecule has 2 aromatic rings. The Morgan fingerprint density at radius 2 is 1.93 bits per heavy atom. The molecule has 6 nitrogen and oxygen atoms in total. The molecule has 27 heavy (non-hydrogen) atoms. The van der Waals surface area contributed by atoms with E-state index in [-0.39, 0.29) is 13.2 Å². The van der Waals surface area contributed by atoms with Crippen molar-refractivity contribution in [2.45, 2.75) is 24.3 Å². The van der Waals surface area contributed by atoms with Gasteiger partial charge in [-0.25, -0.2) is 0 Å². The van der Waals surface area contributed by atoms with E-state index in [1.54, 1.807) is 30.3 Å². The van der Waals surface area contributed by atoms with Gasteiger partial charge in [-0.2, -0.15) is 0 Å². The first-order valence-corrected chi connectivity index (χ1v) is 9.66. The maximum atomic E-state index is 12.2. The van der Waals surface area contributed by atoms with Crippen molar-refractivity contribution >= 4 is 40.9 Å². The number of thioether (sulfide) groups is 1. The Bertz CT molecular complexity index is 827. The lowest BCUT2D eigenvalue weighted by atomic mass is 10.2. The summed E-state index contributed by atoms with van der Waals surface area (Å²) in [6.07, 6.45) is -0.696. The average molecular weight is 408 g/mol. The van der Waals surface area contributed by atoms with Crippen molar-refractivity contribution in [1.82, 2.24) is 0 Å². The van der Waals surface area contributed by atoms with Crippen LogP contribution in [0.25, 0.3) is 0 Å². The number of hydrogen-bond acceptors (Lipinski definition) is 6. The molecule has 0 aromatic heterocycles. The summed E-state index contributed by atoms with van der Waals surface area (Å²) in [5.41, 5.74) is 0.547. The Labute approximate surface area is 166 Å². The first kappa shape index (κ1) is 19.4. The average Bonchev–Trinajstić information content (AvgIpc) is 3.11. The van der Waals surface area contributed by atoms with Gasteiger partial charge in [-0.05, 0) is 43.3 Å². The summed E-state index contributed by atoms with van der Waals surface area (Å²) in [7, 11) is 0. The Hall–Kier alpha value is -2.38. The quantitative estimate of drug-likeness (QED) is 0.549. The summed E-state index contributed by atoms with van der Waals surface area (Å²) in [6, 6.07) is 12.4. The van der Waals surface area contributed by atoms with Crippen molar-refractivity contribution < 1.29 is 23.8 Å². The highest BCUT2D eigenvalue weighted by Crippen LogP contribution is 2.34. The highest BCUT2D eigenvalue weighted by atomic mass is 35.5. The highest BCUT2D eigenvalue weighted by molar-refractivity contribution is 7.99. The van der Waals surface area contributed by atoms with Gasteiger partial charge in [0.1, 0.15) is 0 Å². The van der Waals surface area contributed by atoms with Crippen LogP contribution in [0.2, 0.25) is 5.02 Å². The van der Waals surface area contributed by atoms with Crippen LogP contribution in [0.5, 0.6) is 11.5 Å². The third-order valence-corrected chi connectivity index (χ3v) is 4.97. The minimum absolute atomic E-state index is 0.161. The normalized spacial score (nSPS) is 13.1. The van der Waals surface area contributed by atoms with Gasteiger partial charge < -0.3 is 19.5 Å². The molecule has 1 heterocycles. The number of carbonyl (C=O) groups is 2. The second-order valence-electron chi connectivity index (χ2n) is 5.74. The third-order valence-electron chi connectivity index (χ3n) is 3.71. The fourth-order valence-corrected chi connectivity index (χ4v) is 3.27. The van der Waals surface area contributed by atoms with E-state index in [0.29, 0.717) is 28.0 Å². The molecule has 1 aliphatic rings. The molecule has 0 aliphatic carbocycles. The van der Waals surface area contributed by atoms with Crippen LogP contribution in [0.4, 0.5) is 5.69 Å². The van der Waals surface area contributed by atoms with E-state index in [9.17, 15) is 9.59 Å². The second-order valence-corrected chi connectivity index (χ2v) is 7.35. The molecule has 0 bridgehead atoms. The smallest absolute Gasteiger partial charge is 0.307 e. The van der Waals surface area contributed by atoms with E-state index in [1.165, 1.54) is 18.7 Å². The van der Waals surface area contributed by atoms with Crippen molar-refractivity contribution in [3.8, 4) is 11.5 Å². The van der Waals surface area contributed by atoms with Crippen LogP contribution >= 0.6 is 23.4 Å². The van der Waals surface area contributed by atoms with Crippen LogP contribution in [-0.2, 0) is 14.3 Å². The number of amides is 1. The van der Waals surface area contributed by atoms with E-state index in [2.05, 4.69) is 5.32 Å². The molecule has 1 amide bonds. The predicted octanol–water partition coefficient (Wildman–Crippen LogP) is 4.12. The fourth-order valence-electron chi connectivity index (χ4n) is 2.31. The summed E-state index contributed by atoms with van der Waals surface area (Å²) in [4.78, 5) is 25.1. The molecule has 0 fully saturated rings. The monoisotopic (exact) mass is 407 g/mol. The molecule has 142 valence electrons. The number of nitrogens with one attached hydrogen (secondary N) is 1. The minimum Gasteiger partial charge on any atom is -0.454 e. The zero-order valence-electron chi connectivity index (χ0n) is 14.6. The number of ether oxygens (including phenoxy) is 3. The highest BCUT2D eigenvalue weighted by Gasteiger charge is 2.19. The zero-order chi connectivity index (χ0) is 19.2. The number of carbonyl (C=O) groups excluding carboxylic acids is 2. The van der Waals surface area contributed by atoms with E-state index in [1.807, 2.05) is 12.1 Å². The molecule has 0 radical (unpaired) electrons. The summed E-state index contributed by atoms with van der Waals surface area (Å²) < 4.78 is 15.7. The van der Waals surface area contributed by atoms with Crippen molar-refractivity contribution in [3.63, 3.8) is 0 Å². The SMILES string of the molecule is CC(OC(=O)CCSc1ccc(Cl)cc1)C(=O)Nc1ccc2c(c1)OCO2. The van der Waals surface area contributed by atoms with Gasteiger partial charge in [-0.1, -0.05) is 11.6 Å². The number of rotatable bonds is 7. The van der Waals surface area contributed by atoms with Crippen LogP contribution in [0.3, 0.4) is 0 Å². The van der Waals surface area contributed by atoms with Crippen LogP contribution in [0, 0.1) is 0 Å². The predicted molar refractivity (Wildman–Crippen MR) is 104 cm³/mol. The summed E-state index contributed by atoms with van der Waals surface area (Å²) in [5.74, 6) is 0.913. The molecule has 1 N–H and O–H groups in total. The van der Waals surface area contributed by atoms with Crippen molar-refractivity contribution in [3.05, 3.63) is 47.5 Å². The zero-order valence-corrected chi connectivity index (χ0v) is 16.1. The molecule has 0 spiro atoms. The number of anilines is 1. The molecular weight excluding hydrogens is 390 g/mol. The van der Waals surface area contributed by atoms with Gasteiger partial charge in [0.25, 0.3) is 5.91 Å². The Kier molecular flexibility index (Phi) is 6.47. The fraction of sp³-hybridized carbons (Fsp3) is 0.263. The van der Waals surface area contributed by atoms with E-state index < -0.39 is 18.0 Å².